The predicted molar refractivity (Wildman–Crippen MR) is 138 cm³/mol. The fourth-order valence-electron chi connectivity index (χ4n) is 5.04. The van der Waals surface area contributed by atoms with Crippen LogP contribution in [0.25, 0.3) is 0 Å². The third-order valence-electron chi connectivity index (χ3n) is 6.84. The lowest BCUT2D eigenvalue weighted by atomic mass is 10.2. The van der Waals surface area contributed by atoms with Crippen molar-refractivity contribution in [3.8, 4) is 23.0 Å². The Labute approximate surface area is 220 Å². The monoisotopic (exact) mass is 537 g/mol. The number of morpholine rings is 2. The van der Waals surface area contributed by atoms with Gasteiger partial charge in [0.2, 0.25) is 0 Å². The quantitative estimate of drug-likeness (QED) is 0.506. The Morgan fingerprint density at radius 3 is 1.31 bits per heavy atom. The minimum absolute atomic E-state index is 0.603. The van der Waals surface area contributed by atoms with Gasteiger partial charge in [-0.1, -0.05) is 0 Å². The van der Waals surface area contributed by atoms with E-state index in [2.05, 4.69) is 21.7 Å². The predicted octanol–water partition coefficient (Wildman–Crippen LogP) is 2.65. The third-order valence-corrected chi connectivity index (χ3v) is 9.08. The number of hydrogen-bond donors (Lipinski definition) is 0. The zero-order chi connectivity index (χ0) is 24.3. The van der Waals surface area contributed by atoms with Crippen LogP contribution in [0.5, 0.6) is 23.0 Å². The van der Waals surface area contributed by atoms with E-state index < -0.39 is 0 Å². The van der Waals surface area contributed by atoms with Crippen molar-refractivity contribution in [2.45, 2.75) is 26.2 Å². The fourth-order valence-corrected chi connectivity index (χ4v) is 7.67. The topological polar surface area (TPSA) is 65.1 Å². The van der Waals surface area contributed by atoms with Crippen LogP contribution in [0.1, 0.15) is 19.5 Å². The van der Waals surface area contributed by atoms with Crippen molar-refractivity contribution >= 4 is 22.7 Å². The second-order valence-corrected chi connectivity index (χ2v) is 11.9. The highest BCUT2D eigenvalue weighted by atomic mass is 32.1. The van der Waals surface area contributed by atoms with Crippen molar-refractivity contribution < 1.29 is 28.4 Å². The van der Waals surface area contributed by atoms with Crippen LogP contribution in [0.3, 0.4) is 0 Å². The molecule has 0 bridgehead atoms. The first kappa shape index (κ1) is 24.7. The molecule has 36 heavy (non-hydrogen) atoms. The standard InChI is InChI=1S/C25H35N3O6S2/c1-26(14-18-22-24(33-12-10-31-22)20(35-18)16-27-2-6-29-7-3-27)15-19-23-25(34-13-11-32-23)21(36-19)17-28-4-8-30-9-5-28/h2-17H2,1H3. The zero-order valence-electron chi connectivity index (χ0n) is 20.9. The number of rotatable bonds is 8. The van der Waals surface area contributed by atoms with Crippen molar-refractivity contribution in [2.75, 3.05) is 86.1 Å². The van der Waals surface area contributed by atoms with E-state index in [4.69, 9.17) is 28.4 Å². The van der Waals surface area contributed by atoms with Gasteiger partial charge in [0.15, 0.2) is 23.0 Å². The van der Waals surface area contributed by atoms with Gasteiger partial charge in [-0.2, -0.15) is 0 Å². The highest BCUT2D eigenvalue weighted by molar-refractivity contribution is 7.13. The van der Waals surface area contributed by atoms with Crippen LogP contribution in [0.4, 0.5) is 0 Å². The molecule has 0 unspecified atom stereocenters. The molecule has 0 radical (unpaired) electrons. The third kappa shape index (κ3) is 5.47. The lowest BCUT2D eigenvalue weighted by Gasteiger charge is -2.26. The van der Waals surface area contributed by atoms with Crippen LogP contribution in [0.15, 0.2) is 0 Å². The van der Waals surface area contributed by atoms with Crippen LogP contribution in [0, 0.1) is 0 Å². The van der Waals surface area contributed by atoms with Gasteiger partial charge in [-0.15, -0.1) is 22.7 Å². The maximum atomic E-state index is 6.11. The lowest BCUT2D eigenvalue weighted by Crippen LogP contribution is -2.35. The normalized spacial score (nSPS) is 20.7. The van der Waals surface area contributed by atoms with Gasteiger partial charge in [-0.25, -0.2) is 0 Å². The molecule has 6 rings (SSSR count). The van der Waals surface area contributed by atoms with Crippen molar-refractivity contribution in [1.29, 1.82) is 0 Å². The van der Waals surface area contributed by atoms with E-state index in [0.29, 0.717) is 26.4 Å². The molecule has 0 saturated carbocycles. The van der Waals surface area contributed by atoms with Crippen LogP contribution in [-0.2, 0) is 35.7 Å². The highest BCUT2D eigenvalue weighted by Crippen LogP contribution is 2.47. The number of hydrogen-bond acceptors (Lipinski definition) is 11. The molecule has 4 aliphatic heterocycles. The first-order valence-electron chi connectivity index (χ1n) is 12.8. The van der Waals surface area contributed by atoms with Crippen LogP contribution in [0.2, 0.25) is 0 Å². The Morgan fingerprint density at radius 1 is 0.556 bits per heavy atom. The van der Waals surface area contributed by atoms with E-state index in [0.717, 1.165) is 102 Å². The maximum Gasteiger partial charge on any atom is 0.176 e. The summed E-state index contributed by atoms with van der Waals surface area (Å²) in [6.45, 7) is 12.8. The lowest BCUT2D eigenvalue weighted by molar-refractivity contribution is 0.0340. The van der Waals surface area contributed by atoms with Gasteiger partial charge < -0.3 is 28.4 Å². The van der Waals surface area contributed by atoms with E-state index in [-0.39, 0.29) is 0 Å². The van der Waals surface area contributed by atoms with Crippen molar-refractivity contribution in [1.82, 2.24) is 14.7 Å². The summed E-state index contributed by atoms with van der Waals surface area (Å²) in [5.41, 5.74) is 0. The van der Waals surface area contributed by atoms with Crippen LogP contribution < -0.4 is 18.9 Å². The first-order chi connectivity index (χ1) is 17.7. The minimum atomic E-state index is 0.603. The summed E-state index contributed by atoms with van der Waals surface area (Å²) < 4.78 is 35.4. The minimum Gasteiger partial charge on any atom is -0.485 e. The van der Waals surface area contributed by atoms with Gasteiger partial charge in [0, 0.05) is 52.4 Å². The maximum absolute atomic E-state index is 6.11. The molecule has 0 atom stereocenters. The highest BCUT2D eigenvalue weighted by Gasteiger charge is 2.29. The summed E-state index contributed by atoms with van der Waals surface area (Å²) in [5, 5.41) is 0. The number of fused-ring (bicyclic) bond motifs is 2. The number of thiophene rings is 2. The van der Waals surface area contributed by atoms with Crippen LogP contribution in [-0.4, -0.2) is 101 Å². The molecule has 4 aliphatic rings. The SMILES string of the molecule is CN(Cc1sc(CN2CCOCC2)c2c1OCCO2)Cc1sc(CN2CCOCC2)c2c1OCCO2. The molecule has 0 aliphatic carbocycles. The molecular weight excluding hydrogens is 502 g/mol. The zero-order valence-corrected chi connectivity index (χ0v) is 22.6. The van der Waals surface area contributed by atoms with Gasteiger partial charge in [-0.05, 0) is 7.05 Å². The number of ether oxygens (including phenoxy) is 6. The van der Waals surface area contributed by atoms with Gasteiger partial charge in [-0.3, -0.25) is 14.7 Å². The Balaban J connectivity index is 1.17. The molecule has 0 spiro atoms. The fraction of sp³-hybridized carbons (Fsp3) is 0.680. The van der Waals surface area contributed by atoms with Gasteiger partial charge in [0.05, 0.1) is 45.9 Å². The summed E-state index contributed by atoms with van der Waals surface area (Å²) in [5.74, 6) is 3.75. The van der Waals surface area contributed by atoms with E-state index in [1.807, 2.05) is 22.7 Å². The molecule has 6 heterocycles. The molecule has 11 heteroatoms. The molecule has 2 fully saturated rings. The van der Waals surface area contributed by atoms with Gasteiger partial charge in [0.25, 0.3) is 0 Å². The summed E-state index contributed by atoms with van der Waals surface area (Å²) in [7, 11) is 2.16. The van der Waals surface area contributed by atoms with Gasteiger partial charge in [0.1, 0.15) is 26.4 Å². The van der Waals surface area contributed by atoms with Crippen molar-refractivity contribution in [2.24, 2.45) is 0 Å². The van der Waals surface area contributed by atoms with Crippen molar-refractivity contribution in [3.05, 3.63) is 19.5 Å². The van der Waals surface area contributed by atoms with E-state index in [9.17, 15) is 0 Å². The summed E-state index contributed by atoms with van der Waals surface area (Å²) in [6, 6.07) is 0. The van der Waals surface area contributed by atoms with E-state index in [1.165, 1.54) is 19.5 Å². The largest absolute Gasteiger partial charge is 0.485 e. The van der Waals surface area contributed by atoms with E-state index in [1.54, 1.807) is 0 Å². The molecule has 2 saturated heterocycles. The average Bonchev–Trinajstić information content (AvgIpc) is 3.43. The molecule has 0 N–H and O–H groups in total. The Bertz CT molecular complexity index is 951. The molecule has 198 valence electrons. The van der Waals surface area contributed by atoms with Crippen LogP contribution >= 0.6 is 22.7 Å². The molecule has 0 aromatic carbocycles. The van der Waals surface area contributed by atoms with Gasteiger partial charge >= 0.3 is 0 Å². The Morgan fingerprint density at radius 2 is 0.917 bits per heavy atom. The van der Waals surface area contributed by atoms with E-state index >= 15 is 0 Å². The smallest absolute Gasteiger partial charge is 0.176 e. The van der Waals surface area contributed by atoms with Crippen molar-refractivity contribution in [3.63, 3.8) is 0 Å². The first-order valence-corrected chi connectivity index (χ1v) is 14.5. The molecule has 0 amide bonds. The summed E-state index contributed by atoms with van der Waals surface area (Å²) in [6.07, 6.45) is 0. The summed E-state index contributed by atoms with van der Waals surface area (Å²) >= 11 is 3.64. The Kier molecular flexibility index (Phi) is 7.84. The number of nitrogens with zero attached hydrogens (tertiary/aromatic N) is 3. The Hall–Kier alpha value is -1.60. The molecule has 2 aromatic heterocycles. The molecule has 9 nitrogen and oxygen atoms in total. The second-order valence-electron chi connectivity index (χ2n) is 9.56. The summed E-state index contributed by atoms with van der Waals surface area (Å²) in [4.78, 5) is 12.2. The molecular formula is C25H35N3O6S2. The second kappa shape index (κ2) is 11.4. The molecule has 2 aromatic rings. The average molecular weight is 538 g/mol.